The van der Waals surface area contributed by atoms with Gasteiger partial charge in [-0.2, -0.15) is 0 Å². The normalized spacial score (nSPS) is 11.2. The summed E-state index contributed by atoms with van der Waals surface area (Å²) in [4.78, 5) is 27.2. The molecule has 0 radical (unpaired) electrons. The third-order valence-electron chi connectivity index (χ3n) is 7.85. The Bertz CT molecular complexity index is 2050. The molecular weight excluding hydrogens is 530 g/mol. The van der Waals surface area contributed by atoms with Crippen molar-refractivity contribution in [3.05, 3.63) is 138 Å². The molecule has 0 spiro atoms. The molecule has 0 saturated heterocycles. The van der Waals surface area contributed by atoms with Crippen LogP contribution in [-0.4, -0.2) is 24.1 Å². The van der Waals surface area contributed by atoms with E-state index >= 15 is 0 Å². The van der Waals surface area contributed by atoms with Crippen molar-refractivity contribution < 1.29 is 0 Å². The highest BCUT2D eigenvalue weighted by molar-refractivity contribution is 5.93. The Kier molecular flexibility index (Phi) is 6.72. The van der Waals surface area contributed by atoms with E-state index in [-0.39, 0.29) is 5.69 Å². The third-order valence-corrected chi connectivity index (χ3v) is 7.85. The van der Waals surface area contributed by atoms with Gasteiger partial charge in [0.1, 0.15) is 0 Å². The maximum atomic E-state index is 12.8. The molecule has 43 heavy (non-hydrogen) atoms. The van der Waals surface area contributed by atoms with Crippen LogP contribution < -0.4 is 5.69 Å². The number of rotatable bonds is 6. The highest BCUT2D eigenvalue weighted by atomic mass is 16.1. The van der Waals surface area contributed by atoms with Gasteiger partial charge in [-0.3, -0.25) is 9.13 Å². The summed E-state index contributed by atoms with van der Waals surface area (Å²) in [5.41, 5.74) is 9.05. The lowest BCUT2D eigenvalue weighted by Crippen LogP contribution is -2.21. The lowest BCUT2D eigenvalue weighted by Gasteiger charge is -2.10. The van der Waals surface area contributed by atoms with Crippen LogP contribution in [0.5, 0.6) is 0 Å². The van der Waals surface area contributed by atoms with Crippen LogP contribution in [0.25, 0.3) is 67.5 Å². The molecule has 2 aromatic heterocycles. The molecule has 6 heteroatoms. The molecule has 0 atom stereocenters. The summed E-state index contributed by atoms with van der Waals surface area (Å²) < 4.78 is 3.56. The molecule has 0 bridgehead atoms. The Balaban J connectivity index is 1.22. The van der Waals surface area contributed by atoms with Crippen molar-refractivity contribution >= 4 is 11.0 Å². The number of aryl methyl sites for hydroxylation is 2. The number of benzene rings is 5. The van der Waals surface area contributed by atoms with Crippen LogP contribution in [0.1, 0.15) is 6.92 Å². The molecule has 7 rings (SSSR count). The van der Waals surface area contributed by atoms with Gasteiger partial charge < -0.3 is 0 Å². The maximum absolute atomic E-state index is 12.8. The van der Waals surface area contributed by atoms with Gasteiger partial charge in [0, 0.05) is 35.8 Å². The molecule has 0 saturated carbocycles. The van der Waals surface area contributed by atoms with Crippen LogP contribution in [0.3, 0.4) is 0 Å². The van der Waals surface area contributed by atoms with Gasteiger partial charge in [-0.25, -0.2) is 19.7 Å². The van der Waals surface area contributed by atoms with E-state index in [1.807, 2.05) is 91.3 Å². The van der Waals surface area contributed by atoms with Crippen LogP contribution >= 0.6 is 0 Å². The average Bonchev–Trinajstić information content (AvgIpc) is 3.34. The summed E-state index contributed by atoms with van der Waals surface area (Å²) in [5.74, 6) is 1.92. The maximum Gasteiger partial charge on any atom is 0.328 e. The second-order valence-electron chi connectivity index (χ2n) is 10.5. The lowest BCUT2D eigenvalue weighted by atomic mass is 9.98. The fourth-order valence-electron chi connectivity index (χ4n) is 5.61. The summed E-state index contributed by atoms with van der Waals surface area (Å²) in [6, 6.07) is 42.9. The van der Waals surface area contributed by atoms with Gasteiger partial charge in [0.05, 0.1) is 11.0 Å². The van der Waals surface area contributed by atoms with E-state index < -0.39 is 0 Å². The van der Waals surface area contributed by atoms with Crippen molar-refractivity contribution in [2.24, 2.45) is 7.05 Å². The van der Waals surface area contributed by atoms with Crippen LogP contribution in [-0.2, 0) is 13.6 Å². The van der Waals surface area contributed by atoms with E-state index in [1.165, 1.54) is 0 Å². The van der Waals surface area contributed by atoms with Crippen LogP contribution in [0.15, 0.2) is 132 Å². The monoisotopic (exact) mass is 559 g/mol. The van der Waals surface area contributed by atoms with Gasteiger partial charge in [-0.05, 0) is 29.7 Å². The smallest absolute Gasteiger partial charge is 0.294 e. The quantitative estimate of drug-likeness (QED) is 0.208. The third kappa shape index (κ3) is 4.83. The lowest BCUT2D eigenvalue weighted by molar-refractivity contribution is 0.712. The molecule has 0 N–H and O–H groups in total. The largest absolute Gasteiger partial charge is 0.328 e. The molecule has 0 aliphatic rings. The Hall–Kier alpha value is -5.62. The number of fused-ring (bicyclic) bond motifs is 1. The predicted molar refractivity (Wildman–Crippen MR) is 173 cm³/mol. The minimum atomic E-state index is 0.00613. The molecule has 6 nitrogen and oxygen atoms in total. The highest BCUT2D eigenvalue weighted by Crippen LogP contribution is 2.31. The zero-order valence-corrected chi connectivity index (χ0v) is 24.0. The molecule has 0 fully saturated rings. The Morgan fingerprint density at radius 3 is 1.44 bits per heavy atom. The first-order valence-electron chi connectivity index (χ1n) is 14.4. The number of nitrogens with zero attached hydrogens (tertiary/aromatic N) is 5. The van der Waals surface area contributed by atoms with E-state index in [4.69, 9.17) is 15.0 Å². The van der Waals surface area contributed by atoms with E-state index in [1.54, 1.807) is 4.57 Å². The van der Waals surface area contributed by atoms with Gasteiger partial charge in [-0.1, -0.05) is 121 Å². The van der Waals surface area contributed by atoms with Crippen molar-refractivity contribution in [2.45, 2.75) is 13.5 Å². The van der Waals surface area contributed by atoms with Gasteiger partial charge in [0.15, 0.2) is 17.5 Å². The van der Waals surface area contributed by atoms with Gasteiger partial charge >= 0.3 is 5.69 Å². The summed E-state index contributed by atoms with van der Waals surface area (Å²) in [7, 11) is 1.84. The molecule has 0 aliphatic heterocycles. The number of imidazole rings is 1. The standard InChI is InChI=1S/C37H29N5O/c1-3-42-32-16-10-15-31(33(32)41(2)37(42)43)27-21-17-25(18-22-27)26-19-23-30(24-20-26)36-39-34(28-11-6-4-7-12-28)38-35(40-36)29-13-8-5-9-14-29/h4-24H,3H2,1-2H3. The van der Waals surface area contributed by atoms with Crippen LogP contribution in [0.4, 0.5) is 0 Å². The molecule has 208 valence electrons. The van der Waals surface area contributed by atoms with E-state index in [0.717, 1.165) is 50.0 Å². The number of para-hydroxylation sites is 1. The summed E-state index contributed by atoms with van der Waals surface area (Å²) >= 11 is 0. The summed E-state index contributed by atoms with van der Waals surface area (Å²) in [5, 5.41) is 0. The average molecular weight is 560 g/mol. The van der Waals surface area contributed by atoms with Gasteiger partial charge in [0.25, 0.3) is 0 Å². The first-order valence-corrected chi connectivity index (χ1v) is 14.4. The van der Waals surface area contributed by atoms with Crippen LogP contribution in [0.2, 0.25) is 0 Å². The Morgan fingerprint density at radius 1 is 0.512 bits per heavy atom. The van der Waals surface area contributed by atoms with Crippen molar-refractivity contribution in [1.29, 1.82) is 0 Å². The first kappa shape index (κ1) is 26.3. The first-order chi connectivity index (χ1) is 21.1. The SMILES string of the molecule is CCn1c(=O)n(C)c2c(-c3ccc(-c4ccc(-c5nc(-c6ccccc6)nc(-c6ccccc6)n5)cc4)cc3)cccc21. The molecule has 7 aromatic rings. The zero-order valence-electron chi connectivity index (χ0n) is 24.0. The molecule has 5 aromatic carbocycles. The van der Waals surface area contributed by atoms with Gasteiger partial charge in [-0.15, -0.1) is 0 Å². The fraction of sp³-hybridized carbons (Fsp3) is 0.0811. The van der Waals surface area contributed by atoms with Crippen molar-refractivity contribution in [1.82, 2.24) is 24.1 Å². The molecule has 0 amide bonds. The highest BCUT2D eigenvalue weighted by Gasteiger charge is 2.15. The summed E-state index contributed by atoms with van der Waals surface area (Å²) in [6.07, 6.45) is 0. The predicted octanol–water partition coefficient (Wildman–Crippen LogP) is 7.88. The second kappa shape index (κ2) is 11.0. The molecule has 0 unspecified atom stereocenters. The van der Waals surface area contributed by atoms with Crippen molar-refractivity contribution in [3.63, 3.8) is 0 Å². The van der Waals surface area contributed by atoms with E-state index in [2.05, 4.69) is 54.6 Å². The number of hydrogen-bond acceptors (Lipinski definition) is 4. The van der Waals surface area contributed by atoms with Crippen LogP contribution in [0, 0.1) is 0 Å². The second-order valence-corrected chi connectivity index (χ2v) is 10.5. The molecule has 0 aliphatic carbocycles. The number of aromatic nitrogens is 5. The fourth-order valence-corrected chi connectivity index (χ4v) is 5.61. The minimum Gasteiger partial charge on any atom is -0.294 e. The Morgan fingerprint density at radius 2 is 0.953 bits per heavy atom. The summed E-state index contributed by atoms with van der Waals surface area (Å²) in [6.45, 7) is 2.64. The van der Waals surface area contributed by atoms with E-state index in [9.17, 15) is 4.79 Å². The van der Waals surface area contributed by atoms with Gasteiger partial charge in [0.2, 0.25) is 0 Å². The topological polar surface area (TPSA) is 65.6 Å². The Labute approximate surface area is 249 Å². The van der Waals surface area contributed by atoms with Crippen molar-refractivity contribution in [3.8, 4) is 56.4 Å². The number of hydrogen-bond donors (Lipinski definition) is 0. The van der Waals surface area contributed by atoms with E-state index in [0.29, 0.717) is 24.0 Å². The zero-order chi connectivity index (χ0) is 29.3. The molecular formula is C37H29N5O. The molecule has 2 heterocycles. The van der Waals surface area contributed by atoms with Crippen molar-refractivity contribution in [2.75, 3.05) is 0 Å². The minimum absolute atomic E-state index is 0.00613.